The minimum Gasteiger partial charge on any atom is -0.493 e. The van der Waals surface area contributed by atoms with E-state index in [1.807, 2.05) is 32.2 Å². The van der Waals surface area contributed by atoms with Gasteiger partial charge in [-0.05, 0) is 68.8 Å². The lowest BCUT2D eigenvalue weighted by atomic mass is 10.1. The molecule has 0 bridgehead atoms. The molecule has 0 saturated heterocycles. The third-order valence-corrected chi connectivity index (χ3v) is 5.00. The highest BCUT2D eigenvalue weighted by Crippen LogP contribution is 2.28. The first kappa shape index (κ1) is 23.1. The van der Waals surface area contributed by atoms with E-state index >= 15 is 0 Å². The van der Waals surface area contributed by atoms with E-state index in [9.17, 15) is 9.50 Å². The summed E-state index contributed by atoms with van der Waals surface area (Å²) >= 11 is 0. The van der Waals surface area contributed by atoms with Crippen LogP contribution in [0.1, 0.15) is 30.5 Å². The van der Waals surface area contributed by atoms with Gasteiger partial charge in [0, 0.05) is 25.7 Å². The summed E-state index contributed by atoms with van der Waals surface area (Å²) in [5.41, 5.74) is 3.01. The molecule has 2 N–H and O–H groups in total. The van der Waals surface area contributed by atoms with Crippen LogP contribution in [-0.2, 0) is 13.1 Å². The molecule has 6 heteroatoms. The summed E-state index contributed by atoms with van der Waals surface area (Å²) in [6, 6.07) is 10.9. The van der Waals surface area contributed by atoms with Crippen molar-refractivity contribution in [3.8, 4) is 11.5 Å². The minimum absolute atomic E-state index is 0.187. The molecule has 2 aromatic rings. The molecular weight excluding hydrogens is 371 g/mol. The Bertz CT molecular complexity index is 783. The second kappa shape index (κ2) is 11.1. The van der Waals surface area contributed by atoms with Crippen molar-refractivity contribution in [2.45, 2.75) is 46.0 Å². The van der Waals surface area contributed by atoms with Crippen molar-refractivity contribution in [2.24, 2.45) is 0 Å². The third-order valence-electron chi connectivity index (χ3n) is 5.00. The number of rotatable bonds is 11. The van der Waals surface area contributed by atoms with Gasteiger partial charge < -0.3 is 24.8 Å². The Balaban J connectivity index is 1.94. The third kappa shape index (κ3) is 7.31. The average Bonchev–Trinajstić information content (AvgIpc) is 2.69. The van der Waals surface area contributed by atoms with Gasteiger partial charge in [0.2, 0.25) is 0 Å². The molecule has 0 aliphatic heterocycles. The quantitative estimate of drug-likeness (QED) is 0.600. The highest BCUT2D eigenvalue weighted by atomic mass is 19.1. The predicted molar refractivity (Wildman–Crippen MR) is 114 cm³/mol. The lowest BCUT2D eigenvalue weighted by Gasteiger charge is -2.24. The van der Waals surface area contributed by atoms with Crippen molar-refractivity contribution in [2.75, 3.05) is 27.3 Å². The van der Waals surface area contributed by atoms with Crippen molar-refractivity contribution >= 4 is 0 Å². The standard InChI is InChI=1S/C23H33FN2O3/c1-16(2)26(4)14-21(27)15-29-23-10-18(7-9-22(23)28-5)12-25-13-19-11-20(24)8-6-17(19)3/h6-11,16,21,25,27H,12-15H2,1-5H3. The van der Waals surface area contributed by atoms with E-state index in [0.717, 1.165) is 16.7 Å². The summed E-state index contributed by atoms with van der Waals surface area (Å²) in [6.07, 6.45) is -0.593. The minimum atomic E-state index is -0.593. The molecule has 0 saturated carbocycles. The van der Waals surface area contributed by atoms with Crippen molar-refractivity contribution in [1.82, 2.24) is 10.2 Å². The molecule has 0 aliphatic rings. The Hall–Kier alpha value is -2.15. The first-order valence-corrected chi connectivity index (χ1v) is 9.94. The first-order valence-electron chi connectivity index (χ1n) is 9.94. The summed E-state index contributed by atoms with van der Waals surface area (Å²) in [5, 5.41) is 13.6. The summed E-state index contributed by atoms with van der Waals surface area (Å²) < 4.78 is 24.6. The van der Waals surface area contributed by atoms with Gasteiger partial charge in [-0.2, -0.15) is 0 Å². The Morgan fingerprint density at radius 1 is 1.10 bits per heavy atom. The van der Waals surface area contributed by atoms with Gasteiger partial charge >= 0.3 is 0 Å². The molecule has 0 heterocycles. The second-order valence-electron chi connectivity index (χ2n) is 7.66. The summed E-state index contributed by atoms with van der Waals surface area (Å²) in [7, 11) is 3.57. The fourth-order valence-electron chi connectivity index (χ4n) is 2.90. The van der Waals surface area contributed by atoms with E-state index < -0.39 is 6.10 Å². The van der Waals surface area contributed by atoms with Crippen molar-refractivity contribution in [3.63, 3.8) is 0 Å². The van der Waals surface area contributed by atoms with Crippen LogP contribution in [0.5, 0.6) is 11.5 Å². The number of nitrogens with zero attached hydrogens (tertiary/aromatic N) is 1. The molecule has 0 spiro atoms. The van der Waals surface area contributed by atoms with Crippen LogP contribution in [0.25, 0.3) is 0 Å². The molecule has 160 valence electrons. The molecule has 0 aromatic heterocycles. The number of aliphatic hydroxyl groups is 1. The molecule has 29 heavy (non-hydrogen) atoms. The van der Waals surface area contributed by atoms with Crippen LogP contribution in [0.4, 0.5) is 4.39 Å². The van der Waals surface area contributed by atoms with Crippen LogP contribution in [0, 0.1) is 12.7 Å². The number of methoxy groups -OCH3 is 1. The number of aliphatic hydroxyl groups excluding tert-OH is 1. The number of benzene rings is 2. The van der Waals surface area contributed by atoms with E-state index in [-0.39, 0.29) is 12.4 Å². The van der Waals surface area contributed by atoms with E-state index in [0.29, 0.717) is 37.2 Å². The van der Waals surface area contributed by atoms with Gasteiger partial charge in [-0.3, -0.25) is 0 Å². The maximum atomic E-state index is 13.4. The van der Waals surface area contributed by atoms with Crippen LogP contribution in [0.15, 0.2) is 36.4 Å². The van der Waals surface area contributed by atoms with Crippen LogP contribution in [0.3, 0.4) is 0 Å². The predicted octanol–water partition coefficient (Wildman–Crippen LogP) is 3.51. The zero-order chi connectivity index (χ0) is 21.4. The maximum Gasteiger partial charge on any atom is 0.161 e. The monoisotopic (exact) mass is 404 g/mol. The van der Waals surface area contributed by atoms with Gasteiger partial charge in [0.1, 0.15) is 18.5 Å². The van der Waals surface area contributed by atoms with E-state index in [1.165, 1.54) is 6.07 Å². The zero-order valence-electron chi connectivity index (χ0n) is 18.0. The van der Waals surface area contributed by atoms with E-state index in [2.05, 4.69) is 24.1 Å². The van der Waals surface area contributed by atoms with Crippen LogP contribution < -0.4 is 14.8 Å². The lowest BCUT2D eigenvalue weighted by Crippen LogP contribution is -2.37. The zero-order valence-corrected chi connectivity index (χ0v) is 18.0. The number of nitrogens with one attached hydrogen (secondary N) is 1. The number of likely N-dealkylation sites (N-methyl/N-ethyl adjacent to an activating group) is 1. The molecule has 1 unspecified atom stereocenters. The molecule has 5 nitrogen and oxygen atoms in total. The normalized spacial score (nSPS) is 12.4. The molecule has 2 aromatic carbocycles. The molecule has 0 aliphatic carbocycles. The molecule has 0 radical (unpaired) electrons. The first-order chi connectivity index (χ1) is 13.8. The van der Waals surface area contributed by atoms with Gasteiger partial charge in [-0.1, -0.05) is 12.1 Å². The number of hydrogen-bond donors (Lipinski definition) is 2. The van der Waals surface area contributed by atoms with Crippen LogP contribution in [-0.4, -0.2) is 49.5 Å². The summed E-state index contributed by atoms with van der Waals surface area (Å²) in [5.74, 6) is 0.994. The van der Waals surface area contributed by atoms with Gasteiger partial charge in [0.25, 0.3) is 0 Å². The Morgan fingerprint density at radius 3 is 2.55 bits per heavy atom. The molecule has 1 atom stereocenters. The largest absolute Gasteiger partial charge is 0.493 e. The number of aryl methyl sites for hydroxylation is 1. The summed E-state index contributed by atoms with van der Waals surface area (Å²) in [4.78, 5) is 2.07. The number of halogens is 1. The maximum absolute atomic E-state index is 13.4. The molecule has 0 fully saturated rings. The van der Waals surface area contributed by atoms with E-state index in [4.69, 9.17) is 9.47 Å². The fraction of sp³-hybridized carbons (Fsp3) is 0.478. The number of hydrogen-bond acceptors (Lipinski definition) is 5. The lowest BCUT2D eigenvalue weighted by molar-refractivity contribution is 0.0668. The topological polar surface area (TPSA) is 54.0 Å². The fourth-order valence-corrected chi connectivity index (χ4v) is 2.90. The van der Waals surface area contributed by atoms with Crippen molar-refractivity contribution < 1.29 is 19.0 Å². The van der Waals surface area contributed by atoms with Gasteiger partial charge in [0.05, 0.1) is 7.11 Å². The van der Waals surface area contributed by atoms with Crippen molar-refractivity contribution in [3.05, 3.63) is 58.9 Å². The Labute approximate surface area is 173 Å². The molecule has 2 rings (SSSR count). The SMILES string of the molecule is COc1ccc(CNCc2cc(F)ccc2C)cc1OCC(O)CN(C)C(C)C. The molecule has 0 amide bonds. The van der Waals surface area contributed by atoms with Crippen LogP contribution >= 0.6 is 0 Å². The van der Waals surface area contributed by atoms with Gasteiger partial charge in [-0.25, -0.2) is 4.39 Å². The highest BCUT2D eigenvalue weighted by molar-refractivity contribution is 5.43. The van der Waals surface area contributed by atoms with Crippen molar-refractivity contribution in [1.29, 1.82) is 0 Å². The molecular formula is C23H33FN2O3. The smallest absolute Gasteiger partial charge is 0.161 e. The highest BCUT2D eigenvalue weighted by Gasteiger charge is 2.13. The average molecular weight is 405 g/mol. The Morgan fingerprint density at radius 2 is 1.86 bits per heavy atom. The van der Waals surface area contributed by atoms with E-state index in [1.54, 1.807) is 19.2 Å². The second-order valence-corrected chi connectivity index (χ2v) is 7.66. The Kier molecular flexibility index (Phi) is 8.89. The van der Waals surface area contributed by atoms with Gasteiger partial charge in [-0.15, -0.1) is 0 Å². The van der Waals surface area contributed by atoms with Crippen LogP contribution in [0.2, 0.25) is 0 Å². The number of ether oxygens (including phenoxy) is 2. The summed E-state index contributed by atoms with van der Waals surface area (Å²) in [6.45, 7) is 8.04. The van der Waals surface area contributed by atoms with Gasteiger partial charge in [0.15, 0.2) is 11.5 Å².